The number of anilines is 1. The van der Waals surface area contributed by atoms with Gasteiger partial charge in [-0.2, -0.15) is 13.2 Å². The van der Waals surface area contributed by atoms with Gasteiger partial charge >= 0.3 is 18.1 Å². The lowest BCUT2D eigenvalue weighted by atomic mass is 9.85. The lowest BCUT2D eigenvalue weighted by Gasteiger charge is -2.40. The third kappa shape index (κ3) is 16.1. The number of methoxy groups -OCH3 is 2. The van der Waals surface area contributed by atoms with Crippen LogP contribution < -0.4 is 10.0 Å². The van der Waals surface area contributed by atoms with Gasteiger partial charge in [-0.3, -0.25) is 28.8 Å². The summed E-state index contributed by atoms with van der Waals surface area (Å²) in [5, 5.41) is 1.62. The van der Waals surface area contributed by atoms with Crippen molar-refractivity contribution >= 4 is 51.1 Å². The number of rotatable bonds is 23. The largest absolute Gasteiger partial charge is 0.471 e. The van der Waals surface area contributed by atoms with Crippen LogP contribution in [0.25, 0.3) is 0 Å². The second-order valence-corrected chi connectivity index (χ2v) is 20.4. The number of amides is 4. The summed E-state index contributed by atoms with van der Waals surface area (Å²) < 4.78 is 84.4. The van der Waals surface area contributed by atoms with Crippen molar-refractivity contribution in [2.24, 2.45) is 29.6 Å². The van der Waals surface area contributed by atoms with E-state index in [9.17, 15) is 50.4 Å². The van der Waals surface area contributed by atoms with Gasteiger partial charge in [-0.05, 0) is 81.7 Å². The molecule has 0 saturated carbocycles. The summed E-state index contributed by atoms with van der Waals surface area (Å²) in [5.74, 6) is -7.77. The highest BCUT2D eigenvalue weighted by atomic mass is 32.2. The molecule has 2 aromatic rings. The molecule has 0 radical (unpaired) electrons. The Bertz CT molecular complexity index is 2110. The number of hydrogen-bond donors (Lipinski definition) is 2. The fraction of sp³-hybridized carbons (Fsp3) is 0.625. The third-order valence-corrected chi connectivity index (χ3v) is 13.7. The zero-order valence-electron chi connectivity index (χ0n) is 40.5. The second kappa shape index (κ2) is 24.4. The fourth-order valence-corrected chi connectivity index (χ4v) is 9.60. The SMILES string of the molecule is CCC(C)[C@@H]([C@@H](CC(=O)N1CCC[C@H]1[C@H](OC)[C@@H](C)C(=O)C[C@@H](Cc1ccccc1)C(=O)NS(=O)(=O)c1ccc(NC(=O)C(F)(F)F)cc1)OC)N(C)C(=O)[C@@H](CC(=O)OC(C)(C)C)C(C)C. The van der Waals surface area contributed by atoms with E-state index in [-0.39, 0.29) is 48.6 Å². The molecule has 1 unspecified atom stereocenters. The van der Waals surface area contributed by atoms with E-state index in [2.05, 4.69) is 0 Å². The van der Waals surface area contributed by atoms with E-state index < -0.39 is 98.7 Å². The number of sulfonamides is 1. The molecule has 1 aliphatic rings. The van der Waals surface area contributed by atoms with Crippen LogP contribution in [0, 0.1) is 29.6 Å². The van der Waals surface area contributed by atoms with Gasteiger partial charge in [-0.1, -0.05) is 71.4 Å². The number of nitrogens with one attached hydrogen (secondary N) is 2. The number of ketones is 1. The van der Waals surface area contributed by atoms with Gasteiger partial charge in [0, 0.05) is 51.8 Å². The standard InChI is InChI=1S/C48H69F3N4O11S/c1-12-30(4)42(54(9)45(60)36(29(2)3)27-41(58)66-47(6,7)8)39(64-10)28-40(57)55-24-16-19-37(55)43(65-11)31(5)38(56)26-33(25-32-17-14-13-15-18-32)44(59)53-67(62,63)35-22-20-34(21-23-35)52-46(61)48(49,50)51/h13-15,17-18,20-23,29-31,33,36-37,39,42-43H,12,16,19,24-28H2,1-11H3,(H,52,61)(H,53,59)/t30?,31-,33+,36-,37-,39+,42-,43+/m0/s1. The van der Waals surface area contributed by atoms with Gasteiger partial charge in [0.25, 0.3) is 10.0 Å². The van der Waals surface area contributed by atoms with Gasteiger partial charge < -0.3 is 29.3 Å². The van der Waals surface area contributed by atoms with E-state index in [0.717, 1.165) is 24.3 Å². The zero-order valence-corrected chi connectivity index (χ0v) is 41.3. The lowest BCUT2D eigenvalue weighted by molar-refractivity contribution is -0.167. The number of carbonyl (C=O) groups is 6. The molecule has 67 heavy (non-hydrogen) atoms. The average Bonchev–Trinajstić information content (AvgIpc) is 3.74. The highest BCUT2D eigenvalue weighted by Crippen LogP contribution is 2.32. The Morgan fingerprint density at radius 1 is 0.881 bits per heavy atom. The predicted octanol–water partition coefficient (Wildman–Crippen LogP) is 6.73. The number of esters is 1. The molecule has 0 spiro atoms. The van der Waals surface area contributed by atoms with E-state index >= 15 is 0 Å². The van der Waals surface area contributed by atoms with Crippen LogP contribution in [0.15, 0.2) is 59.5 Å². The van der Waals surface area contributed by atoms with Crippen LogP contribution in [0.1, 0.15) is 99.5 Å². The minimum absolute atomic E-state index is 0.0274. The number of hydrogen-bond acceptors (Lipinski definition) is 11. The monoisotopic (exact) mass is 966 g/mol. The first-order valence-corrected chi connectivity index (χ1v) is 24.1. The number of ether oxygens (including phenoxy) is 3. The van der Waals surface area contributed by atoms with Crippen LogP contribution in [0.2, 0.25) is 0 Å². The molecular weight excluding hydrogens is 898 g/mol. The van der Waals surface area contributed by atoms with Crippen molar-refractivity contribution < 1.29 is 64.6 Å². The van der Waals surface area contributed by atoms with Crippen LogP contribution in [-0.2, 0) is 59.4 Å². The smallest absolute Gasteiger partial charge is 0.460 e. The molecule has 2 N–H and O–H groups in total. The molecule has 2 aromatic carbocycles. The minimum Gasteiger partial charge on any atom is -0.460 e. The van der Waals surface area contributed by atoms with E-state index in [1.165, 1.54) is 14.2 Å². The number of likely N-dealkylation sites (tertiary alicyclic amines) is 1. The van der Waals surface area contributed by atoms with Crippen LogP contribution >= 0.6 is 0 Å². The average molecular weight is 967 g/mol. The Balaban J connectivity index is 1.82. The van der Waals surface area contributed by atoms with Crippen molar-refractivity contribution in [2.75, 3.05) is 33.1 Å². The highest BCUT2D eigenvalue weighted by Gasteiger charge is 2.44. The van der Waals surface area contributed by atoms with Crippen molar-refractivity contribution in [3.05, 3.63) is 60.2 Å². The number of halogens is 3. The first kappa shape index (κ1) is 56.4. The van der Waals surface area contributed by atoms with Crippen LogP contribution in [-0.4, -0.2) is 117 Å². The molecule has 0 aliphatic carbocycles. The normalized spacial score (nSPS) is 17.7. The molecule has 4 amide bonds. The maximum absolute atomic E-state index is 14.4. The summed E-state index contributed by atoms with van der Waals surface area (Å²) in [6.07, 6.45) is -5.62. The summed E-state index contributed by atoms with van der Waals surface area (Å²) in [5.41, 5.74) is -0.413. The molecule has 0 aromatic heterocycles. The molecule has 374 valence electrons. The molecule has 3 rings (SSSR count). The molecule has 0 bridgehead atoms. The van der Waals surface area contributed by atoms with Crippen molar-refractivity contribution in [1.82, 2.24) is 14.5 Å². The first-order valence-electron chi connectivity index (χ1n) is 22.6. The summed E-state index contributed by atoms with van der Waals surface area (Å²) >= 11 is 0. The van der Waals surface area contributed by atoms with Gasteiger partial charge in [0.05, 0.1) is 47.9 Å². The quantitative estimate of drug-likeness (QED) is 0.112. The number of carbonyl (C=O) groups excluding carboxylic acids is 6. The summed E-state index contributed by atoms with van der Waals surface area (Å²) in [4.78, 5) is 83.5. The van der Waals surface area contributed by atoms with Gasteiger partial charge in [0.2, 0.25) is 17.7 Å². The van der Waals surface area contributed by atoms with Gasteiger partial charge in [-0.15, -0.1) is 0 Å². The number of alkyl halides is 3. The molecule has 1 fully saturated rings. The maximum atomic E-state index is 14.4. The molecule has 1 aliphatic heterocycles. The van der Waals surface area contributed by atoms with E-state index in [1.807, 2.05) is 32.4 Å². The molecule has 1 saturated heterocycles. The molecule has 19 heteroatoms. The lowest BCUT2D eigenvalue weighted by Crippen LogP contribution is -2.54. The number of benzene rings is 2. The summed E-state index contributed by atoms with van der Waals surface area (Å²) in [6.45, 7) is 15.0. The van der Waals surface area contributed by atoms with Crippen molar-refractivity contribution in [3.63, 3.8) is 0 Å². The Morgan fingerprint density at radius 3 is 2.01 bits per heavy atom. The Hall–Kier alpha value is -4.88. The highest BCUT2D eigenvalue weighted by molar-refractivity contribution is 7.90. The number of nitrogens with zero attached hydrogens (tertiary/aromatic N) is 2. The zero-order chi connectivity index (χ0) is 50.6. The molecule has 15 nitrogen and oxygen atoms in total. The Labute approximate surface area is 393 Å². The minimum atomic E-state index is -5.17. The van der Waals surface area contributed by atoms with Gasteiger partial charge in [0.15, 0.2) is 0 Å². The van der Waals surface area contributed by atoms with Crippen molar-refractivity contribution in [2.45, 2.75) is 141 Å². The van der Waals surface area contributed by atoms with Gasteiger partial charge in [0.1, 0.15) is 11.4 Å². The van der Waals surface area contributed by atoms with E-state index in [1.54, 1.807) is 80.2 Å². The maximum Gasteiger partial charge on any atom is 0.471 e. The molecule has 8 atom stereocenters. The molecular formula is C48H69F3N4O11S. The summed E-state index contributed by atoms with van der Waals surface area (Å²) in [7, 11) is -0.0216. The topological polar surface area (TPSA) is 195 Å². The van der Waals surface area contributed by atoms with Crippen LogP contribution in [0.3, 0.4) is 0 Å². The summed E-state index contributed by atoms with van der Waals surface area (Å²) in [6, 6.07) is 11.3. The second-order valence-electron chi connectivity index (χ2n) is 18.7. The Morgan fingerprint density at radius 2 is 1.49 bits per heavy atom. The van der Waals surface area contributed by atoms with E-state index in [0.29, 0.717) is 31.4 Å². The first-order chi connectivity index (χ1) is 31.1. The van der Waals surface area contributed by atoms with E-state index in [4.69, 9.17) is 14.2 Å². The van der Waals surface area contributed by atoms with Crippen molar-refractivity contribution in [1.29, 1.82) is 0 Å². The molecule has 1 heterocycles. The number of Topliss-reactive ketones (excluding diaryl/α,β-unsaturated/α-hetero) is 1. The third-order valence-electron chi connectivity index (χ3n) is 12.3. The predicted molar refractivity (Wildman–Crippen MR) is 245 cm³/mol. The van der Waals surface area contributed by atoms with Crippen molar-refractivity contribution in [3.8, 4) is 0 Å². The van der Waals surface area contributed by atoms with Gasteiger partial charge in [-0.25, -0.2) is 13.1 Å². The van der Waals surface area contributed by atoms with Crippen LogP contribution in [0.5, 0.6) is 0 Å². The number of likely N-dealkylation sites (N-methyl/N-ethyl adjacent to an activating group) is 1. The fourth-order valence-electron chi connectivity index (χ4n) is 8.55. The van der Waals surface area contributed by atoms with Crippen LogP contribution in [0.4, 0.5) is 18.9 Å². The Kier molecular flexibility index (Phi) is 20.6.